The molecule has 2 aliphatic heterocycles. The van der Waals surface area contributed by atoms with Gasteiger partial charge in [-0.3, -0.25) is 4.79 Å². The molecule has 1 atom stereocenters. The molecule has 1 unspecified atom stereocenters. The number of morpholine rings is 1. The second kappa shape index (κ2) is 10.6. The first-order chi connectivity index (χ1) is 16.0. The van der Waals surface area contributed by atoms with Crippen molar-refractivity contribution in [3.8, 4) is 17.1 Å². The van der Waals surface area contributed by atoms with E-state index < -0.39 is 6.09 Å². The van der Waals surface area contributed by atoms with E-state index in [9.17, 15) is 14.7 Å². The van der Waals surface area contributed by atoms with Gasteiger partial charge in [-0.1, -0.05) is 12.1 Å². The number of aliphatic hydroxyl groups is 1. The average Bonchev–Trinajstić information content (AvgIpc) is 2.87. The molecule has 0 spiro atoms. The van der Waals surface area contributed by atoms with Gasteiger partial charge in [0.25, 0.3) is 5.91 Å². The molecule has 2 aliphatic rings. The molecule has 1 aromatic heterocycles. The summed E-state index contributed by atoms with van der Waals surface area (Å²) in [6.07, 6.45) is 3.54. The van der Waals surface area contributed by atoms with Crippen LogP contribution in [-0.4, -0.2) is 94.1 Å². The Morgan fingerprint density at radius 2 is 1.82 bits per heavy atom. The van der Waals surface area contributed by atoms with Crippen LogP contribution in [0.2, 0.25) is 0 Å². The minimum atomic E-state index is -0.871. The summed E-state index contributed by atoms with van der Waals surface area (Å²) in [7, 11) is 0. The molecule has 2 aromatic rings. The molecule has 2 N–H and O–H groups in total. The Bertz CT molecular complexity index is 944. The van der Waals surface area contributed by atoms with Crippen LogP contribution in [0.4, 0.5) is 4.79 Å². The van der Waals surface area contributed by atoms with Gasteiger partial charge in [0.1, 0.15) is 0 Å². The molecule has 33 heavy (non-hydrogen) atoms. The van der Waals surface area contributed by atoms with E-state index in [4.69, 9.17) is 14.6 Å². The maximum absolute atomic E-state index is 12.7. The van der Waals surface area contributed by atoms with Crippen LogP contribution in [0.1, 0.15) is 23.2 Å². The van der Waals surface area contributed by atoms with E-state index in [0.29, 0.717) is 62.4 Å². The molecule has 0 radical (unpaired) electrons. The Balaban J connectivity index is 1.30. The Labute approximate surface area is 191 Å². The predicted molar refractivity (Wildman–Crippen MR) is 118 cm³/mol. The maximum atomic E-state index is 12.7. The lowest BCUT2D eigenvalue weighted by molar-refractivity contribution is -0.0447. The number of likely N-dealkylation sites (tertiary alicyclic amines) is 1. The molecule has 10 heteroatoms. The largest absolute Gasteiger partial charge is 0.476 e. The number of carbonyl (C=O) groups is 2. The van der Waals surface area contributed by atoms with Crippen LogP contribution in [0.25, 0.3) is 11.3 Å². The lowest BCUT2D eigenvalue weighted by Crippen LogP contribution is -2.46. The smallest absolute Gasteiger partial charge is 0.407 e. The molecule has 10 nitrogen and oxygen atoms in total. The number of hydrogen-bond donors (Lipinski definition) is 2. The predicted octanol–water partition coefficient (Wildman–Crippen LogP) is 1.75. The van der Waals surface area contributed by atoms with Gasteiger partial charge in [0.15, 0.2) is 0 Å². The van der Waals surface area contributed by atoms with Gasteiger partial charge in [-0.2, -0.15) is 0 Å². The van der Waals surface area contributed by atoms with Gasteiger partial charge in [-0.05, 0) is 30.9 Å². The summed E-state index contributed by atoms with van der Waals surface area (Å²) in [6.45, 7) is 2.73. The number of ether oxygens (including phenoxy) is 2. The number of nitrogens with zero attached hydrogens (tertiary/aromatic N) is 4. The zero-order valence-corrected chi connectivity index (χ0v) is 18.3. The standard InChI is InChI=1S/C23H28N4O6/c28-14-19-13-27(9-10-32-19)22(29)18-3-1-17(2-4-18)20-11-25-21(12-24-20)33-15-16-5-7-26(8-6-16)23(30)31/h1-4,11-12,16,19,28H,5-10,13-15H2,(H,30,31). The summed E-state index contributed by atoms with van der Waals surface area (Å²) in [6, 6.07) is 7.18. The third-order valence-electron chi connectivity index (χ3n) is 6.04. The van der Waals surface area contributed by atoms with Gasteiger partial charge in [-0.25, -0.2) is 14.8 Å². The van der Waals surface area contributed by atoms with E-state index in [-0.39, 0.29) is 18.6 Å². The molecular formula is C23H28N4O6. The lowest BCUT2D eigenvalue weighted by atomic mass is 9.98. The third kappa shape index (κ3) is 5.77. The highest BCUT2D eigenvalue weighted by Gasteiger charge is 2.25. The molecule has 0 bridgehead atoms. The van der Waals surface area contributed by atoms with Crippen molar-refractivity contribution in [1.82, 2.24) is 19.8 Å². The molecular weight excluding hydrogens is 428 g/mol. The number of aliphatic hydroxyl groups excluding tert-OH is 1. The van der Waals surface area contributed by atoms with Gasteiger partial charge < -0.3 is 29.5 Å². The van der Waals surface area contributed by atoms with Gasteiger partial charge in [0.2, 0.25) is 5.88 Å². The van der Waals surface area contributed by atoms with Crippen molar-refractivity contribution in [2.45, 2.75) is 18.9 Å². The number of rotatable bonds is 6. The van der Waals surface area contributed by atoms with Crippen molar-refractivity contribution < 1.29 is 29.3 Å². The quantitative estimate of drug-likeness (QED) is 0.673. The van der Waals surface area contributed by atoms with E-state index >= 15 is 0 Å². The Hall–Kier alpha value is -3.24. The molecule has 176 valence electrons. The van der Waals surface area contributed by atoms with E-state index in [1.54, 1.807) is 29.4 Å². The Kier molecular flexibility index (Phi) is 7.36. The van der Waals surface area contributed by atoms with Crippen molar-refractivity contribution in [3.63, 3.8) is 0 Å². The average molecular weight is 456 g/mol. The first kappa shape index (κ1) is 22.9. The van der Waals surface area contributed by atoms with Crippen LogP contribution in [0.5, 0.6) is 5.88 Å². The first-order valence-corrected chi connectivity index (χ1v) is 11.1. The van der Waals surface area contributed by atoms with Crippen LogP contribution in [0.3, 0.4) is 0 Å². The molecule has 0 saturated carbocycles. The molecule has 0 aliphatic carbocycles. The topological polar surface area (TPSA) is 125 Å². The summed E-state index contributed by atoms with van der Waals surface area (Å²) in [5.41, 5.74) is 2.07. The van der Waals surface area contributed by atoms with E-state index in [1.807, 2.05) is 12.1 Å². The summed E-state index contributed by atoms with van der Waals surface area (Å²) < 4.78 is 11.2. The van der Waals surface area contributed by atoms with Gasteiger partial charge >= 0.3 is 6.09 Å². The van der Waals surface area contributed by atoms with Gasteiger partial charge in [-0.15, -0.1) is 0 Å². The van der Waals surface area contributed by atoms with Gasteiger partial charge in [0, 0.05) is 37.3 Å². The van der Waals surface area contributed by atoms with Crippen LogP contribution in [0, 0.1) is 5.92 Å². The van der Waals surface area contributed by atoms with Crippen LogP contribution >= 0.6 is 0 Å². The highest BCUT2D eigenvalue weighted by molar-refractivity contribution is 5.94. The minimum Gasteiger partial charge on any atom is -0.476 e. The molecule has 1 aromatic carbocycles. The fraction of sp³-hybridized carbons (Fsp3) is 0.478. The number of carbonyl (C=O) groups excluding carboxylic acids is 1. The second-order valence-electron chi connectivity index (χ2n) is 8.27. The number of carboxylic acid groups (broad SMARTS) is 1. The number of hydrogen-bond acceptors (Lipinski definition) is 7. The molecule has 3 heterocycles. The van der Waals surface area contributed by atoms with Crippen molar-refractivity contribution in [1.29, 1.82) is 0 Å². The van der Waals surface area contributed by atoms with Crippen molar-refractivity contribution >= 4 is 12.0 Å². The van der Waals surface area contributed by atoms with Crippen LogP contribution < -0.4 is 4.74 Å². The monoisotopic (exact) mass is 456 g/mol. The van der Waals surface area contributed by atoms with Crippen LogP contribution in [-0.2, 0) is 4.74 Å². The van der Waals surface area contributed by atoms with Crippen molar-refractivity contribution in [2.24, 2.45) is 5.92 Å². The Morgan fingerprint density at radius 3 is 2.45 bits per heavy atom. The zero-order valence-electron chi connectivity index (χ0n) is 18.3. The highest BCUT2D eigenvalue weighted by Crippen LogP contribution is 2.21. The number of aromatic nitrogens is 2. The SMILES string of the molecule is O=C(O)N1CCC(COc2cnc(-c3ccc(C(=O)N4CCOC(CO)C4)cc3)cn2)CC1. The lowest BCUT2D eigenvalue weighted by Gasteiger charge is -2.32. The fourth-order valence-electron chi connectivity index (χ4n) is 4.01. The Morgan fingerprint density at radius 1 is 1.06 bits per heavy atom. The molecule has 2 saturated heterocycles. The summed E-state index contributed by atoms with van der Waals surface area (Å²) in [5, 5.41) is 18.3. The summed E-state index contributed by atoms with van der Waals surface area (Å²) in [4.78, 5) is 35.6. The third-order valence-corrected chi connectivity index (χ3v) is 6.04. The number of amides is 2. The highest BCUT2D eigenvalue weighted by atomic mass is 16.5. The molecule has 2 amide bonds. The maximum Gasteiger partial charge on any atom is 0.407 e. The first-order valence-electron chi connectivity index (χ1n) is 11.1. The minimum absolute atomic E-state index is 0.0904. The van der Waals surface area contributed by atoms with Crippen molar-refractivity contribution in [2.75, 3.05) is 46.0 Å². The van der Waals surface area contributed by atoms with Crippen LogP contribution in [0.15, 0.2) is 36.7 Å². The van der Waals surface area contributed by atoms with Gasteiger partial charge in [0.05, 0.1) is 44.0 Å². The molecule has 2 fully saturated rings. The zero-order chi connectivity index (χ0) is 23.2. The normalized spacial score (nSPS) is 19.4. The number of piperidine rings is 1. The van der Waals surface area contributed by atoms with E-state index in [2.05, 4.69) is 9.97 Å². The fourth-order valence-corrected chi connectivity index (χ4v) is 4.01. The molecule has 4 rings (SSSR count). The van der Waals surface area contributed by atoms with E-state index in [0.717, 1.165) is 18.4 Å². The van der Waals surface area contributed by atoms with E-state index in [1.165, 1.54) is 4.90 Å². The second-order valence-corrected chi connectivity index (χ2v) is 8.27. The number of benzene rings is 1. The summed E-state index contributed by atoms with van der Waals surface area (Å²) in [5.74, 6) is 0.635. The van der Waals surface area contributed by atoms with Crippen molar-refractivity contribution in [3.05, 3.63) is 42.2 Å². The summed E-state index contributed by atoms with van der Waals surface area (Å²) >= 11 is 0.